The van der Waals surface area contributed by atoms with Crippen molar-refractivity contribution in [2.24, 2.45) is 0 Å². The third kappa shape index (κ3) is 3.51. The highest BCUT2D eigenvalue weighted by Gasteiger charge is 2.33. The lowest BCUT2D eigenvalue weighted by Crippen LogP contribution is -2.45. The number of amides is 2. The number of hydrogen-bond acceptors (Lipinski definition) is 3. The summed E-state index contributed by atoms with van der Waals surface area (Å²) >= 11 is 0. The van der Waals surface area contributed by atoms with E-state index in [2.05, 4.69) is 4.98 Å². The summed E-state index contributed by atoms with van der Waals surface area (Å²) in [7, 11) is 0. The van der Waals surface area contributed by atoms with Gasteiger partial charge in [-0.1, -0.05) is 30.3 Å². The Bertz CT molecular complexity index is 1200. The SMILES string of the molecule is O=C1CCN1c1cc(-c2ccccc2-c2cccc(C(F)(F)F)n2)cc(N2CCC2=O)c1. The monoisotopic (exact) mass is 437 g/mol. The first kappa shape index (κ1) is 20.2. The van der Waals surface area contributed by atoms with Crippen LogP contribution < -0.4 is 9.80 Å². The molecule has 2 aliphatic rings. The van der Waals surface area contributed by atoms with Gasteiger partial charge in [-0.15, -0.1) is 0 Å². The minimum Gasteiger partial charge on any atom is -0.312 e. The van der Waals surface area contributed by atoms with Crippen LogP contribution in [0.3, 0.4) is 0 Å². The molecule has 0 aliphatic carbocycles. The maximum Gasteiger partial charge on any atom is 0.433 e. The number of β-lactam (4-membered cyclic amide) rings is 2. The molecule has 3 aromatic rings. The molecule has 5 rings (SSSR count). The van der Waals surface area contributed by atoms with Gasteiger partial charge in [-0.3, -0.25) is 9.59 Å². The highest BCUT2D eigenvalue weighted by molar-refractivity contribution is 6.04. The van der Waals surface area contributed by atoms with E-state index in [9.17, 15) is 22.8 Å². The number of carbonyl (C=O) groups excluding carboxylic acids is 2. The Morgan fingerprint density at radius 3 is 1.84 bits per heavy atom. The van der Waals surface area contributed by atoms with Crippen molar-refractivity contribution in [3.05, 3.63) is 66.4 Å². The number of anilines is 2. The number of hydrogen-bond donors (Lipinski definition) is 0. The van der Waals surface area contributed by atoms with Gasteiger partial charge in [0.05, 0.1) is 5.69 Å². The zero-order valence-electron chi connectivity index (χ0n) is 16.9. The van der Waals surface area contributed by atoms with Crippen LogP contribution >= 0.6 is 0 Å². The molecule has 3 heterocycles. The fourth-order valence-electron chi connectivity index (χ4n) is 3.94. The Hall–Kier alpha value is -3.68. The summed E-state index contributed by atoms with van der Waals surface area (Å²) in [4.78, 5) is 31.2. The van der Waals surface area contributed by atoms with E-state index in [0.717, 1.165) is 6.07 Å². The van der Waals surface area contributed by atoms with Crippen LogP contribution in [0.4, 0.5) is 24.5 Å². The predicted molar refractivity (Wildman–Crippen MR) is 114 cm³/mol. The Morgan fingerprint density at radius 1 is 0.750 bits per heavy atom. The highest BCUT2D eigenvalue weighted by atomic mass is 19.4. The van der Waals surface area contributed by atoms with Crippen molar-refractivity contribution in [1.82, 2.24) is 4.98 Å². The van der Waals surface area contributed by atoms with E-state index in [1.54, 1.807) is 34.1 Å². The molecule has 2 saturated heterocycles. The second-order valence-electron chi connectivity index (χ2n) is 7.78. The van der Waals surface area contributed by atoms with E-state index in [0.29, 0.717) is 54.0 Å². The maximum atomic E-state index is 13.2. The Kier molecular flexibility index (Phi) is 4.73. The molecule has 2 aromatic carbocycles. The van der Waals surface area contributed by atoms with Crippen molar-refractivity contribution in [2.75, 3.05) is 22.9 Å². The number of alkyl halides is 3. The first-order valence-corrected chi connectivity index (χ1v) is 10.2. The number of carbonyl (C=O) groups is 2. The molecule has 8 heteroatoms. The van der Waals surface area contributed by atoms with Crippen LogP contribution in [-0.4, -0.2) is 29.9 Å². The number of halogens is 3. The quantitative estimate of drug-likeness (QED) is 0.545. The Labute approximate surface area is 182 Å². The lowest BCUT2D eigenvalue weighted by atomic mass is 9.95. The second-order valence-corrected chi connectivity index (χ2v) is 7.78. The summed E-state index contributed by atoms with van der Waals surface area (Å²) in [5.74, 6) is -0.00766. The third-order valence-electron chi connectivity index (χ3n) is 5.78. The van der Waals surface area contributed by atoms with Gasteiger partial charge in [0.15, 0.2) is 0 Å². The molecule has 0 radical (unpaired) electrons. The number of benzene rings is 2. The van der Waals surface area contributed by atoms with Gasteiger partial charge in [0.25, 0.3) is 0 Å². The molecular formula is C24H18F3N3O2. The summed E-state index contributed by atoms with van der Waals surface area (Å²) in [6.45, 7) is 1.18. The van der Waals surface area contributed by atoms with Crippen molar-refractivity contribution in [2.45, 2.75) is 19.0 Å². The molecule has 0 bridgehead atoms. The first-order valence-electron chi connectivity index (χ1n) is 10.2. The van der Waals surface area contributed by atoms with Crippen molar-refractivity contribution in [1.29, 1.82) is 0 Å². The van der Waals surface area contributed by atoms with E-state index in [4.69, 9.17) is 0 Å². The molecule has 0 unspecified atom stereocenters. The van der Waals surface area contributed by atoms with E-state index < -0.39 is 11.9 Å². The summed E-state index contributed by atoms with van der Waals surface area (Å²) in [5.41, 5.74) is 2.47. The van der Waals surface area contributed by atoms with Crippen LogP contribution in [0.5, 0.6) is 0 Å². The largest absolute Gasteiger partial charge is 0.433 e. The fourth-order valence-corrected chi connectivity index (χ4v) is 3.94. The second kappa shape index (κ2) is 7.47. The molecule has 5 nitrogen and oxygen atoms in total. The van der Waals surface area contributed by atoms with Crippen LogP contribution in [0.2, 0.25) is 0 Å². The normalized spacial score (nSPS) is 16.1. The average Bonchev–Trinajstić information content (AvgIpc) is 2.76. The van der Waals surface area contributed by atoms with Gasteiger partial charge in [-0.2, -0.15) is 13.2 Å². The standard InChI is InChI=1S/C24H18F3N3O2/c25-24(26,27)21-7-3-6-20(28-21)19-5-2-1-4-18(19)15-12-16(29-10-8-22(29)31)14-17(13-15)30-11-9-23(30)32/h1-7,12-14H,8-11H2. The fraction of sp³-hybridized carbons (Fsp3) is 0.208. The lowest BCUT2D eigenvalue weighted by molar-refractivity contribution is -0.141. The van der Waals surface area contributed by atoms with Gasteiger partial charge in [0.2, 0.25) is 11.8 Å². The van der Waals surface area contributed by atoms with E-state index in [1.807, 2.05) is 18.2 Å². The Balaban J connectivity index is 1.64. The molecule has 0 spiro atoms. The molecule has 162 valence electrons. The van der Waals surface area contributed by atoms with Crippen molar-refractivity contribution in [3.8, 4) is 22.4 Å². The van der Waals surface area contributed by atoms with Crippen LogP contribution in [0, 0.1) is 0 Å². The van der Waals surface area contributed by atoms with Gasteiger partial charge in [0.1, 0.15) is 5.69 Å². The smallest absolute Gasteiger partial charge is 0.312 e. The highest BCUT2D eigenvalue weighted by Crippen LogP contribution is 2.39. The van der Waals surface area contributed by atoms with E-state index >= 15 is 0 Å². The number of rotatable bonds is 4. The molecular weight excluding hydrogens is 419 g/mol. The zero-order chi connectivity index (χ0) is 22.5. The van der Waals surface area contributed by atoms with Crippen molar-refractivity contribution >= 4 is 23.2 Å². The van der Waals surface area contributed by atoms with Crippen LogP contribution in [-0.2, 0) is 15.8 Å². The summed E-state index contributed by atoms with van der Waals surface area (Å²) in [5, 5.41) is 0. The molecule has 2 aliphatic heterocycles. The topological polar surface area (TPSA) is 53.5 Å². The van der Waals surface area contributed by atoms with Crippen molar-refractivity contribution < 1.29 is 22.8 Å². The van der Waals surface area contributed by atoms with Gasteiger partial charge in [-0.05, 0) is 41.5 Å². The molecule has 0 N–H and O–H groups in total. The molecule has 2 fully saturated rings. The number of pyridine rings is 1. The zero-order valence-corrected chi connectivity index (χ0v) is 16.9. The Morgan fingerprint density at radius 2 is 1.34 bits per heavy atom. The average molecular weight is 437 g/mol. The number of nitrogens with zero attached hydrogens (tertiary/aromatic N) is 3. The van der Waals surface area contributed by atoms with Gasteiger partial charge >= 0.3 is 6.18 Å². The molecule has 0 saturated carbocycles. The molecule has 1 aromatic heterocycles. The van der Waals surface area contributed by atoms with Gasteiger partial charge in [-0.25, -0.2) is 4.98 Å². The van der Waals surface area contributed by atoms with Crippen LogP contribution in [0.25, 0.3) is 22.4 Å². The molecule has 2 amide bonds. The minimum absolute atomic E-state index is 0.00383. The summed E-state index contributed by atoms with van der Waals surface area (Å²) < 4.78 is 39.7. The van der Waals surface area contributed by atoms with E-state index in [-0.39, 0.29) is 17.5 Å². The number of aromatic nitrogens is 1. The summed E-state index contributed by atoms with van der Waals surface area (Å²) in [6, 6.07) is 16.3. The van der Waals surface area contributed by atoms with Crippen molar-refractivity contribution in [3.63, 3.8) is 0 Å². The van der Waals surface area contributed by atoms with Crippen LogP contribution in [0.15, 0.2) is 60.7 Å². The molecule has 32 heavy (non-hydrogen) atoms. The third-order valence-corrected chi connectivity index (χ3v) is 5.78. The van der Waals surface area contributed by atoms with Gasteiger partial charge in [0, 0.05) is 42.9 Å². The van der Waals surface area contributed by atoms with E-state index in [1.165, 1.54) is 12.1 Å². The predicted octanol–water partition coefficient (Wildman–Crippen LogP) is 4.91. The minimum atomic E-state index is -4.55. The first-order chi connectivity index (χ1) is 15.3. The maximum absolute atomic E-state index is 13.2. The lowest BCUT2D eigenvalue weighted by Gasteiger charge is -2.35. The van der Waals surface area contributed by atoms with Gasteiger partial charge < -0.3 is 9.80 Å². The molecule has 0 atom stereocenters. The summed E-state index contributed by atoms with van der Waals surface area (Å²) in [6.07, 6.45) is -3.62. The van der Waals surface area contributed by atoms with Crippen LogP contribution in [0.1, 0.15) is 18.5 Å².